The van der Waals surface area contributed by atoms with Crippen LogP contribution in [0.1, 0.15) is 40.5 Å². The molecule has 2 unspecified atom stereocenters. The lowest BCUT2D eigenvalue weighted by molar-refractivity contribution is 0.172. The van der Waals surface area contributed by atoms with Crippen molar-refractivity contribution in [3.63, 3.8) is 0 Å². The summed E-state index contributed by atoms with van der Waals surface area (Å²) in [6, 6.07) is 0. The molecule has 1 nitrogen and oxygen atoms in total. The van der Waals surface area contributed by atoms with Crippen LogP contribution in [0.15, 0.2) is 0 Å². The van der Waals surface area contributed by atoms with Crippen LogP contribution in [0.4, 0.5) is 0 Å². The van der Waals surface area contributed by atoms with Crippen molar-refractivity contribution in [1.82, 2.24) is 0 Å². The number of hydrogen-bond acceptors (Lipinski definition) is 1. The van der Waals surface area contributed by atoms with Gasteiger partial charge in [-0.15, -0.1) is 0 Å². The molecule has 72 valence electrons. The quantitative estimate of drug-likeness (QED) is 0.619. The molecular formula is C11H22O. The Hall–Kier alpha value is -0.0400. The molecule has 1 rings (SSSR count). The van der Waals surface area contributed by atoms with Crippen LogP contribution in [0.5, 0.6) is 0 Å². The molecule has 2 atom stereocenters. The van der Waals surface area contributed by atoms with E-state index in [2.05, 4.69) is 27.7 Å². The van der Waals surface area contributed by atoms with E-state index in [9.17, 15) is 0 Å². The number of rotatable bonds is 2. The molecule has 1 aliphatic rings. The van der Waals surface area contributed by atoms with Crippen molar-refractivity contribution in [1.29, 1.82) is 0 Å². The summed E-state index contributed by atoms with van der Waals surface area (Å²) in [6.45, 7) is 11.2. The van der Waals surface area contributed by atoms with E-state index in [-0.39, 0.29) is 0 Å². The normalized spacial score (nSPS) is 31.0. The maximum absolute atomic E-state index is 5.51. The molecule has 1 aliphatic heterocycles. The first-order chi connectivity index (χ1) is 5.53. The van der Waals surface area contributed by atoms with Gasteiger partial charge in [0, 0.05) is 13.2 Å². The highest BCUT2D eigenvalue weighted by Crippen LogP contribution is 2.34. The van der Waals surface area contributed by atoms with Gasteiger partial charge in [-0.2, -0.15) is 0 Å². The molecule has 1 fully saturated rings. The summed E-state index contributed by atoms with van der Waals surface area (Å²) in [6.07, 6.45) is 2.59. The van der Waals surface area contributed by atoms with E-state index >= 15 is 0 Å². The Kier molecular flexibility index (Phi) is 3.16. The fourth-order valence-corrected chi connectivity index (χ4v) is 2.11. The van der Waals surface area contributed by atoms with Crippen LogP contribution in [0, 0.1) is 17.3 Å². The van der Waals surface area contributed by atoms with Crippen LogP contribution in [-0.2, 0) is 4.74 Å². The fraction of sp³-hybridized carbons (Fsp3) is 1.00. The lowest BCUT2D eigenvalue weighted by Gasteiger charge is -2.25. The minimum atomic E-state index is 0.464. The fourth-order valence-electron chi connectivity index (χ4n) is 2.11. The highest BCUT2D eigenvalue weighted by Gasteiger charge is 2.29. The van der Waals surface area contributed by atoms with Gasteiger partial charge in [-0.25, -0.2) is 0 Å². The summed E-state index contributed by atoms with van der Waals surface area (Å²) in [5.41, 5.74) is 0.464. The van der Waals surface area contributed by atoms with Gasteiger partial charge in [-0.3, -0.25) is 0 Å². The molecule has 12 heavy (non-hydrogen) atoms. The molecule has 0 aliphatic carbocycles. The Morgan fingerprint density at radius 1 is 1.17 bits per heavy atom. The van der Waals surface area contributed by atoms with Gasteiger partial charge in [-0.05, 0) is 23.7 Å². The van der Waals surface area contributed by atoms with Gasteiger partial charge in [0.15, 0.2) is 0 Å². The number of hydrogen-bond donors (Lipinski definition) is 0. The maximum atomic E-state index is 5.51. The molecule has 0 N–H and O–H groups in total. The summed E-state index contributed by atoms with van der Waals surface area (Å²) < 4.78 is 5.51. The lowest BCUT2D eigenvalue weighted by Crippen LogP contribution is -2.19. The van der Waals surface area contributed by atoms with E-state index in [1.807, 2.05) is 0 Å². The summed E-state index contributed by atoms with van der Waals surface area (Å²) in [7, 11) is 0. The zero-order valence-electron chi connectivity index (χ0n) is 8.89. The minimum Gasteiger partial charge on any atom is -0.381 e. The summed E-state index contributed by atoms with van der Waals surface area (Å²) in [4.78, 5) is 0. The first-order valence-corrected chi connectivity index (χ1v) is 5.10. The average Bonchev–Trinajstić information content (AvgIpc) is 2.31. The zero-order valence-corrected chi connectivity index (χ0v) is 8.89. The van der Waals surface area contributed by atoms with Gasteiger partial charge >= 0.3 is 0 Å². The number of ether oxygens (including phenoxy) is 1. The third-order valence-electron chi connectivity index (χ3n) is 2.73. The monoisotopic (exact) mass is 170 g/mol. The highest BCUT2D eigenvalue weighted by molar-refractivity contribution is 4.78. The molecule has 0 spiro atoms. The van der Waals surface area contributed by atoms with Crippen LogP contribution in [0.25, 0.3) is 0 Å². The van der Waals surface area contributed by atoms with Gasteiger partial charge in [0.25, 0.3) is 0 Å². The van der Waals surface area contributed by atoms with Gasteiger partial charge in [0.1, 0.15) is 0 Å². The second-order valence-electron chi connectivity index (χ2n) is 5.23. The topological polar surface area (TPSA) is 9.23 Å². The van der Waals surface area contributed by atoms with E-state index in [1.165, 1.54) is 12.8 Å². The molecule has 0 amide bonds. The predicted molar refractivity (Wildman–Crippen MR) is 52.2 cm³/mol. The first-order valence-electron chi connectivity index (χ1n) is 5.10. The summed E-state index contributed by atoms with van der Waals surface area (Å²) in [5, 5.41) is 0. The van der Waals surface area contributed by atoms with E-state index in [0.717, 1.165) is 25.0 Å². The molecule has 0 bridgehead atoms. The van der Waals surface area contributed by atoms with Crippen molar-refractivity contribution in [3.05, 3.63) is 0 Å². The van der Waals surface area contributed by atoms with Crippen molar-refractivity contribution >= 4 is 0 Å². The van der Waals surface area contributed by atoms with Gasteiger partial charge < -0.3 is 4.74 Å². The largest absolute Gasteiger partial charge is 0.381 e. The Morgan fingerprint density at radius 3 is 2.25 bits per heavy atom. The second-order valence-corrected chi connectivity index (χ2v) is 5.23. The van der Waals surface area contributed by atoms with Crippen molar-refractivity contribution in [2.45, 2.75) is 40.5 Å². The van der Waals surface area contributed by atoms with Crippen LogP contribution in [0.2, 0.25) is 0 Å². The molecule has 1 heterocycles. The lowest BCUT2D eigenvalue weighted by atomic mass is 9.79. The van der Waals surface area contributed by atoms with Gasteiger partial charge in [0.05, 0.1) is 0 Å². The zero-order chi connectivity index (χ0) is 9.19. The van der Waals surface area contributed by atoms with E-state index < -0.39 is 0 Å². The van der Waals surface area contributed by atoms with Crippen LogP contribution >= 0.6 is 0 Å². The second kappa shape index (κ2) is 3.78. The molecule has 1 heteroatoms. The standard InChI is InChI=1S/C11H22O/c1-5-9-7-12-8-10(9)6-11(2,3)4/h9-10H,5-8H2,1-4H3. The Morgan fingerprint density at radius 2 is 1.75 bits per heavy atom. The third kappa shape index (κ3) is 2.78. The van der Waals surface area contributed by atoms with Gasteiger partial charge in [-0.1, -0.05) is 34.1 Å². The van der Waals surface area contributed by atoms with Crippen molar-refractivity contribution in [2.24, 2.45) is 17.3 Å². The van der Waals surface area contributed by atoms with Crippen molar-refractivity contribution < 1.29 is 4.74 Å². The summed E-state index contributed by atoms with van der Waals surface area (Å²) in [5.74, 6) is 1.64. The molecule has 1 saturated heterocycles. The predicted octanol–water partition coefficient (Wildman–Crippen LogP) is 3.10. The molecular weight excluding hydrogens is 148 g/mol. The Balaban J connectivity index is 2.41. The van der Waals surface area contributed by atoms with Crippen LogP contribution in [0.3, 0.4) is 0 Å². The Bertz CT molecular complexity index is 134. The van der Waals surface area contributed by atoms with Crippen LogP contribution in [-0.4, -0.2) is 13.2 Å². The smallest absolute Gasteiger partial charge is 0.0498 e. The molecule has 0 aromatic carbocycles. The SMILES string of the molecule is CCC1COCC1CC(C)(C)C. The van der Waals surface area contributed by atoms with E-state index in [1.54, 1.807) is 0 Å². The van der Waals surface area contributed by atoms with Crippen molar-refractivity contribution in [2.75, 3.05) is 13.2 Å². The molecule has 0 aromatic rings. The molecule has 0 radical (unpaired) electrons. The highest BCUT2D eigenvalue weighted by atomic mass is 16.5. The Labute approximate surface area is 76.5 Å². The third-order valence-corrected chi connectivity index (χ3v) is 2.73. The van der Waals surface area contributed by atoms with E-state index in [4.69, 9.17) is 4.74 Å². The molecule has 0 aromatic heterocycles. The van der Waals surface area contributed by atoms with Gasteiger partial charge in [0.2, 0.25) is 0 Å². The van der Waals surface area contributed by atoms with E-state index in [0.29, 0.717) is 5.41 Å². The molecule has 0 saturated carbocycles. The first kappa shape index (κ1) is 10.0. The average molecular weight is 170 g/mol. The summed E-state index contributed by atoms with van der Waals surface area (Å²) >= 11 is 0. The van der Waals surface area contributed by atoms with Crippen LogP contribution < -0.4 is 0 Å². The van der Waals surface area contributed by atoms with Crippen molar-refractivity contribution in [3.8, 4) is 0 Å². The minimum absolute atomic E-state index is 0.464. The maximum Gasteiger partial charge on any atom is 0.0498 e.